The van der Waals surface area contributed by atoms with Crippen LogP contribution in [0.2, 0.25) is 0 Å². The molecular weight excluding hydrogens is 437 g/mol. The van der Waals surface area contributed by atoms with Crippen molar-refractivity contribution in [2.24, 2.45) is 5.92 Å². The SMILES string of the molecule is O=C(O)C1CN(Cc2ccc(-c3nc4ccc(C5(c6ccccn6)C=C5)cc4s3)c(F)c2)C1. The highest BCUT2D eigenvalue weighted by Crippen LogP contribution is 2.45. The maximum Gasteiger partial charge on any atom is 0.309 e. The average Bonchev–Trinajstić information content (AvgIpc) is 3.49. The Morgan fingerprint density at radius 3 is 2.70 bits per heavy atom. The normalized spacial score (nSPS) is 17.2. The molecule has 1 fully saturated rings. The third kappa shape index (κ3) is 3.53. The molecule has 2 aromatic heterocycles. The first kappa shape index (κ1) is 20.2. The first-order valence-electron chi connectivity index (χ1n) is 10.8. The zero-order valence-electron chi connectivity index (χ0n) is 17.6. The Kier molecular flexibility index (Phi) is 4.64. The van der Waals surface area contributed by atoms with Gasteiger partial charge in [-0.15, -0.1) is 11.3 Å². The number of fused-ring (bicyclic) bond motifs is 1. The third-order valence-electron chi connectivity index (χ3n) is 6.43. The van der Waals surface area contributed by atoms with Crippen molar-refractivity contribution < 1.29 is 14.3 Å². The standard InChI is InChI=1S/C26H20FN3O2S/c27-20-11-16(13-30-14-17(15-30)25(31)32)4-6-19(20)24-29-21-7-5-18(12-22(21)33-24)26(8-9-26)23-3-1-2-10-28-23/h1-12,17H,13-15H2,(H,31,32). The zero-order valence-corrected chi connectivity index (χ0v) is 18.4. The Morgan fingerprint density at radius 2 is 2.00 bits per heavy atom. The minimum atomic E-state index is -0.768. The quantitative estimate of drug-likeness (QED) is 0.419. The van der Waals surface area contributed by atoms with E-state index in [0.717, 1.165) is 27.0 Å². The van der Waals surface area contributed by atoms with Crippen LogP contribution in [0.3, 0.4) is 0 Å². The molecule has 1 saturated heterocycles. The summed E-state index contributed by atoms with van der Waals surface area (Å²) in [4.78, 5) is 22.2. The van der Waals surface area contributed by atoms with Crippen LogP contribution in [-0.2, 0) is 16.8 Å². The van der Waals surface area contributed by atoms with Gasteiger partial charge in [-0.05, 0) is 47.5 Å². The number of aliphatic carboxylic acids is 1. The lowest BCUT2D eigenvalue weighted by molar-refractivity contribution is -0.147. The number of hydrogen-bond donors (Lipinski definition) is 1. The fourth-order valence-corrected chi connectivity index (χ4v) is 5.47. The van der Waals surface area contributed by atoms with E-state index in [1.54, 1.807) is 12.3 Å². The third-order valence-corrected chi connectivity index (χ3v) is 7.48. The van der Waals surface area contributed by atoms with Gasteiger partial charge in [-0.1, -0.05) is 30.4 Å². The Balaban J connectivity index is 1.25. The first-order valence-corrected chi connectivity index (χ1v) is 11.6. The number of hydrogen-bond acceptors (Lipinski definition) is 5. The van der Waals surface area contributed by atoms with Crippen molar-refractivity contribution in [3.63, 3.8) is 0 Å². The van der Waals surface area contributed by atoms with E-state index in [1.807, 2.05) is 35.2 Å². The molecule has 1 N–H and O–H groups in total. The molecule has 6 rings (SSSR count). The van der Waals surface area contributed by atoms with Gasteiger partial charge in [-0.25, -0.2) is 9.37 Å². The van der Waals surface area contributed by atoms with Gasteiger partial charge in [0.15, 0.2) is 0 Å². The molecule has 7 heteroatoms. The summed E-state index contributed by atoms with van der Waals surface area (Å²) in [6.45, 7) is 1.56. The molecule has 3 heterocycles. The summed E-state index contributed by atoms with van der Waals surface area (Å²) in [5, 5.41) is 9.66. The van der Waals surface area contributed by atoms with Crippen molar-refractivity contribution in [2.75, 3.05) is 13.1 Å². The number of nitrogens with zero attached hydrogens (tertiary/aromatic N) is 3. The fraction of sp³-hybridized carbons (Fsp3) is 0.192. The van der Waals surface area contributed by atoms with Crippen molar-refractivity contribution >= 4 is 27.5 Å². The van der Waals surface area contributed by atoms with Gasteiger partial charge in [0, 0.05) is 31.4 Å². The zero-order chi connectivity index (χ0) is 22.6. The number of carboxylic acids is 1. The summed E-state index contributed by atoms with van der Waals surface area (Å²) in [6, 6.07) is 17.3. The minimum Gasteiger partial charge on any atom is -0.481 e. The van der Waals surface area contributed by atoms with Crippen LogP contribution in [0.5, 0.6) is 0 Å². The summed E-state index contributed by atoms with van der Waals surface area (Å²) < 4.78 is 16.0. The van der Waals surface area contributed by atoms with Crippen LogP contribution in [0.4, 0.5) is 4.39 Å². The van der Waals surface area contributed by atoms with Gasteiger partial charge in [0.2, 0.25) is 0 Å². The highest BCUT2D eigenvalue weighted by molar-refractivity contribution is 7.21. The lowest BCUT2D eigenvalue weighted by Gasteiger charge is -2.36. The molecule has 0 spiro atoms. The Bertz CT molecular complexity index is 1400. The Morgan fingerprint density at radius 1 is 1.15 bits per heavy atom. The number of allylic oxidation sites excluding steroid dienone is 2. The summed E-state index contributed by atoms with van der Waals surface area (Å²) in [7, 11) is 0. The van der Waals surface area contributed by atoms with Gasteiger partial charge < -0.3 is 5.11 Å². The molecule has 0 radical (unpaired) electrons. The van der Waals surface area contributed by atoms with E-state index < -0.39 is 5.97 Å². The largest absolute Gasteiger partial charge is 0.481 e. The molecular formula is C26H20FN3O2S. The monoisotopic (exact) mass is 457 g/mol. The molecule has 1 aliphatic carbocycles. The number of likely N-dealkylation sites (tertiary alicyclic amines) is 1. The van der Waals surface area contributed by atoms with Crippen LogP contribution >= 0.6 is 11.3 Å². The number of thiazole rings is 1. The van der Waals surface area contributed by atoms with E-state index in [1.165, 1.54) is 17.4 Å². The molecule has 0 bridgehead atoms. The van der Waals surface area contributed by atoms with E-state index in [2.05, 4.69) is 34.3 Å². The molecule has 0 amide bonds. The highest BCUT2D eigenvalue weighted by atomic mass is 32.1. The average molecular weight is 458 g/mol. The highest BCUT2D eigenvalue weighted by Gasteiger charge is 2.39. The Labute approximate surface area is 193 Å². The fourth-order valence-electron chi connectivity index (χ4n) is 4.44. The summed E-state index contributed by atoms with van der Waals surface area (Å²) in [5.74, 6) is -1.39. The smallest absolute Gasteiger partial charge is 0.309 e. The van der Waals surface area contributed by atoms with Gasteiger partial charge in [0.25, 0.3) is 0 Å². The summed E-state index contributed by atoms with van der Waals surface area (Å²) in [5.41, 5.74) is 4.03. The second kappa shape index (κ2) is 7.57. The maximum absolute atomic E-state index is 15.0. The second-order valence-corrected chi connectivity index (χ2v) is 9.69. The lowest BCUT2D eigenvalue weighted by atomic mass is 9.89. The lowest BCUT2D eigenvalue weighted by Crippen LogP contribution is -2.49. The van der Waals surface area contributed by atoms with Crippen LogP contribution in [0.15, 0.2) is 72.9 Å². The summed E-state index contributed by atoms with van der Waals surface area (Å²) >= 11 is 1.48. The van der Waals surface area contributed by atoms with E-state index >= 15 is 0 Å². The molecule has 5 nitrogen and oxygen atoms in total. The molecule has 4 aromatic rings. The van der Waals surface area contributed by atoms with Crippen LogP contribution in [0, 0.1) is 11.7 Å². The molecule has 0 atom stereocenters. The number of pyridine rings is 1. The van der Waals surface area contributed by atoms with Crippen molar-refractivity contribution in [1.82, 2.24) is 14.9 Å². The van der Waals surface area contributed by atoms with Gasteiger partial charge in [-0.3, -0.25) is 14.7 Å². The number of carbonyl (C=O) groups is 1. The molecule has 2 aliphatic rings. The van der Waals surface area contributed by atoms with E-state index in [4.69, 9.17) is 5.11 Å². The van der Waals surface area contributed by atoms with Gasteiger partial charge in [0.05, 0.1) is 27.2 Å². The number of carboxylic acid groups (broad SMARTS) is 1. The minimum absolute atomic E-state index is 0.261. The van der Waals surface area contributed by atoms with Crippen LogP contribution in [0.1, 0.15) is 16.8 Å². The van der Waals surface area contributed by atoms with E-state index in [-0.39, 0.29) is 17.2 Å². The summed E-state index contributed by atoms with van der Waals surface area (Å²) in [6.07, 6.45) is 6.10. The number of benzene rings is 2. The van der Waals surface area contributed by atoms with Crippen LogP contribution in [0.25, 0.3) is 20.8 Å². The van der Waals surface area contributed by atoms with Gasteiger partial charge in [0.1, 0.15) is 10.8 Å². The number of halogens is 1. The predicted octanol–water partition coefficient (Wildman–Crippen LogP) is 4.87. The van der Waals surface area contributed by atoms with Crippen molar-refractivity contribution in [3.05, 3.63) is 95.6 Å². The Hall–Kier alpha value is -3.42. The number of rotatable bonds is 6. The van der Waals surface area contributed by atoms with Crippen LogP contribution in [-0.4, -0.2) is 39.0 Å². The van der Waals surface area contributed by atoms with E-state index in [9.17, 15) is 9.18 Å². The van der Waals surface area contributed by atoms with Crippen molar-refractivity contribution in [2.45, 2.75) is 12.0 Å². The van der Waals surface area contributed by atoms with Gasteiger partial charge in [-0.2, -0.15) is 0 Å². The predicted molar refractivity (Wildman–Crippen MR) is 126 cm³/mol. The maximum atomic E-state index is 15.0. The van der Waals surface area contributed by atoms with E-state index in [0.29, 0.717) is 30.2 Å². The van der Waals surface area contributed by atoms with Gasteiger partial charge >= 0.3 is 5.97 Å². The molecule has 0 saturated carbocycles. The first-order chi connectivity index (χ1) is 16.0. The molecule has 1 aliphatic heterocycles. The molecule has 164 valence electrons. The second-order valence-electron chi connectivity index (χ2n) is 8.66. The van der Waals surface area contributed by atoms with Crippen molar-refractivity contribution in [3.8, 4) is 10.6 Å². The molecule has 2 aromatic carbocycles. The molecule has 33 heavy (non-hydrogen) atoms. The topological polar surface area (TPSA) is 66.3 Å². The number of aromatic nitrogens is 2. The van der Waals surface area contributed by atoms with Crippen molar-refractivity contribution in [1.29, 1.82) is 0 Å². The van der Waals surface area contributed by atoms with Crippen LogP contribution < -0.4 is 0 Å². The molecule has 0 unspecified atom stereocenters.